The summed E-state index contributed by atoms with van der Waals surface area (Å²) in [6.07, 6.45) is 0. The van der Waals surface area contributed by atoms with Gasteiger partial charge in [0.2, 0.25) is 0 Å². The summed E-state index contributed by atoms with van der Waals surface area (Å²) in [6.45, 7) is 0.130. The Morgan fingerprint density at radius 1 is 1.36 bits per heavy atom. The third-order valence-electron chi connectivity index (χ3n) is 1.91. The topological polar surface area (TPSA) is 61.3 Å². The van der Waals surface area contributed by atoms with E-state index >= 15 is 0 Å². The molecule has 0 aliphatic carbocycles. The normalized spacial score (nSPS) is 12.6. The number of hydrogen-bond donors (Lipinski definition) is 2. The van der Waals surface area contributed by atoms with Gasteiger partial charge in [0.05, 0.1) is 7.11 Å². The highest BCUT2D eigenvalue weighted by Crippen LogP contribution is 2.24. The lowest BCUT2D eigenvalue weighted by atomic mass is 10.1. The lowest BCUT2D eigenvalue weighted by Gasteiger charge is -2.11. The van der Waals surface area contributed by atoms with Gasteiger partial charge in [0.1, 0.15) is 0 Å². The Bertz CT molecular complexity index is 308. The smallest absolute Gasteiger partial charge is 0.190 e. The van der Waals surface area contributed by atoms with Crippen LogP contribution < -0.4 is 16.2 Å². The van der Waals surface area contributed by atoms with Crippen LogP contribution >= 0.6 is 0 Å². The van der Waals surface area contributed by atoms with Crippen LogP contribution in [0.15, 0.2) is 12.1 Å². The van der Waals surface area contributed by atoms with E-state index < -0.39 is 23.4 Å². The molecule has 1 atom stereocenters. The van der Waals surface area contributed by atoms with E-state index in [4.69, 9.17) is 11.5 Å². The summed E-state index contributed by atoms with van der Waals surface area (Å²) in [5.74, 6) is -1.95. The van der Waals surface area contributed by atoms with Crippen molar-refractivity contribution in [2.75, 3.05) is 13.7 Å². The second-order valence-electron chi connectivity index (χ2n) is 2.86. The summed E-state index contributed by atoms with van der Waals surface area (Å²) in [5, 5.41) is 0. The SMILES string of the molecule is COc1c(F)cc([C@@H](N)CN)cc1F. The molecule has 0 fully saturated rings. The van der Waals surface area contributed by atoms with Gasteiger partial charge >= 0.3 is 0 Å². The first-order valence-corrected chi connectivity index (χ1v) is 4.08. The summed E-state index contributed by atoms with van der Waals surface area (Å²) in [6, 6.07) is 1.68. The van der Waals surface area contributed by atoms with Crippen LogP contribution in [-0.2, 0) is 0 Å². The number of benzene rings is 1. The Kier molecular flexibility index (Phi) is 3.38. The monoisotopic (exact) mass is 202 g/mol. The molecule has 0 aromatic heterocycles. The Morgan fingerprint density at radius 2 is 1.86 bits per heavy atom. The van der Waals surface area contributed by atoms with E-state index in [1.807, 2.05) is 0 Å². The van der Waals surface area contributed by atoms with E-state index in [0.717, 1.165) is 12.1 Å². The molecule has 1 aromatic carbocycles. The molecule has 0 bridgehead atoms. The maximum Gasteiger partial charge on any atom is 0.190 e. The fraction of sp³-hybridized carbons (Fsp3) is 0.333. The summed E-state index contributed by atoms with van der Waals surface area (Å²) in [4.78, 5) is 0. The third-order valence-corrected chi connectivity index (χ3v) is 1.91. The maximum absolute atomic E-state index is 13.1. The van der Waals surface area contributed by atoms with Crippen molar-refractivity contribution in [3.05, 3.63) is 29.3 Å². The van der Waals surface area contributed by atoms with Gasteiger partial charge in [0, 0.05) is 12.6 Å². The van der Waals surface area contributed by atoms with Crippen molar-refractivity contribution in [2.24, 2.45) is 11.5 Å². The molecule has 14 heavy (non-hydrogen) atoms. The van der Waals surface area contributed by atoms with Crippen LogP contribution in [-0.4, -0.2) is 13.7 Å². The van der Waals surface area contributed by atoms with Crippen LogP contribution in [0.4, 0.5) is 8.78 Å². The minimum atomic E-state index is -0.772. The van der Waals surface area contributed by atoms with Gasteiger partial charge in [-0.2, -0.15) is 0 Å². The molecular formula is C9H12F2N2O. The average molecular weight is 202 g/mol. The Balaban J connectivity index is 3.13. The molecular weight excluding hydrogens is 190 g/mol. The van der Waals surface area contributed by atoms with Crippen molar-refractivity contribution in [1.29, 1.82) is 0 Å². The highest BCUT2D eigenvalue weighted by Gasteiger charge is 2.14. The van der Waals surface area contributed by atoms with E-state index in [9.17, 15) is 8.78 Å². The van der Waals surface area contributed by atoms with Gasteiger partial charge in [-0.05, 0) is 17.7 Å². The highest BCUT2D eigenvalue weighted by atomic mass is 19.1. The molecule has 0 unspecified atom stereocenters. The first kappa shape index (κ1) is 10.9. The molecule has 78 valence electrons. The molecule has 0 saturated heterocycles. The van der Waals surface area contributed by atoms with Gasteiger partial charge in [0.15, 0.2) is 17.4 Å². The van der Waals surface area contributed by atoms with Gasteiger partial charge < -0.3 is 16.2 Å². The zero-order chi connectivity index (χ0) is 10.7. The molecule has 0 aliphatic heterocycles. The number of ether oxygens (including phenoxy) is 1. The minimum Gasteiger partial charge on any atom is -0.491 e. The van der Waals surface area contributed by atoms with E-state index in [1.165, 1.54) is 7.11 Å². The summed E-state index contributed by atoms with van der Waals surface area (Å²) >= 11 is 0. The maximum atomic E-state index is 13.1. The molecule has 3 nitrogen and oxygen atoms in total. The second kappa shape index (κ2) is 4.34. The summed E-state index contributed by atoms with van der Waals surface area (Å²) in [7, 11) is 1.20. The number of rotatable bonds is 3. The first-order chi connectivity index (χ1) is 6.60. The number of hydrogen-bond acceptors (Lipinski definition) is 3. The van der Waals surface area contributed by atoms with Crippen molar-refractivity contribution in [3.63, 3.8) is 0 Å². The van der Waals surface area contributed by atoms with Crippen LogP contribution in [0.25, 0.3) is 0 Å². The van der Waals surface area contributed by atoms with Crippen LogP contribution in [0.1, 0.15) is 11.6 Å². The number of halogens is 2. The van der Waals surface area contributed by atoms with Crippen LogP contribution in [0.2, 0.25) is 0 Å². The average Bonchev–Trinajstić information content (AvgIpc) is 2.16. The van der Waals surface area contributed by atoms with E-state index in [2.05, 4.69) is 4.74 Å². The minimum absolute atomic E-state index is 0.130. The Morgan fingerprint density at radius 3 is 2.21 bits per heavy atom. The largest absolute Gasteiger partial charge is 0.491 e. The lowest BCUT2D eigenvalue weighted by molar-refractivity contribution is 0.359. The predicted octanol–water partition coefficient (Wildman–Crippen LogP) is 0.932. The van der Waals surface area contributed by atoms with Crippen LogP contribution in [0, 0.1) is 11.6 Å². The van der Waals surface area contributed by atoms with Crippen molar-refractivity contribution in [2.45, 2.75) is 6.04 Å². The van der Waals surface area contributed by atoms with Gasteiger partial charge in [-0.3, -0.25) is 0 Å². The van der Waals surface area contributed by atoms with Gasteiger partial charge in [-0.25, -0.2) is 8.78 Å². The van der Waals surface area contributed by atoms with E-state index in [1.54, 1.807) is 0 Å². The zero-order valence-corrected chi connectivity index (χ0v) is 7.76. The summed E-state index contributed by atoms with van der Waals surface area (Å²) in [5.41, 5.74) is 11.1. The molecule has 0 saturated carbocycles. The molecule has 0 heterocycles. The lowest BCUT2D eigenvalue weighted by Crippen LogP contribution is -2.21. The van der Waals surface area contributed by atoms with Crippen LogP contribution in [0.3, 0.4) is 0 Å². The van der Waals surface area contributed by atoms with Gasteiger partial charge in [-0.15, -0.1) is 0 Å². The summed E-state index contributed by atoms with van der Waals surface area (Å²) < 4.78 is 30.8. The molecule has 1 rings (SSSR count). The molecule has 0 amide bonds. The quantitative estimate of drug-likeness (QED) is 0.766. The Hall–Kier alpha value is -1.20. The standard InChI is InChI=1S/C9H12F2N2O/c1-14-9-6(10)2-5(3-7(9)11)8(13)4-12/h2-3,8H,4,12-13H2,1H3/t8-/m0/s1. The van der Waals surface area contributed by atoms with Gasteiger partial charge in [-0.1, -0.05) is 0 Å². The molecule has 0 spiro atoms. The molecule has 4 N–H and O–H groups in total. The fourth-order valence-electron chi connectivity index (χ4n) is 1.12. The Labute approximate surface area is 80.7 Å². The third kappa shape index (κ3) is 2.00. The van der Waals surface area contributed by atoms with E-state index in [-0.39, 0.29) is 6.54 Å². The molecule has 5 heteroatoms. The second-order valence-corrected chi connectivity index (χ2v) is 2.86. The highest BCUT2D eigenvalue weighted by molar-refractivity contribution is 5.32. The molecule has 0 radical (unpaired) electrons. The van der Waals surface area contributed by atoms with Gasteiger partial charge in [0.25, 0.3) is 0 Å². The molecule has 1 aromatic rings. The first-order valence-electron chi connectivity index (χ1n) is 4.08. The number of nitrogens with two attached hydrogens (primary N) is 2. The van der Waals surface area contributed by atoms with Crippen molar-refractivity contribution in [1.82, 2.24) is 0 Å². The fourth-order valence-corrected chi connectivity index (χ4v) is 1.12. The predicted molar refractivity (Wildman–Crippen MR) is 48.9 cm³/mol. The van der Waals surface area contributed by atoms with Crippen LogP contribution in [0.5, 0.6) is 5.75 Å². The van der Waals surface area contributed by atoms with E-state index in [0.29, 0.717) is 5.56 Å². The van der Waals surface area contributed by atoms with Crippen molar-refractivity contribution in [3.8, 4) is 5.75 Å². The zero-order valence-electron chi connectivity index (χ0n) is 7.76. The van der Waals surface area contributed by atoms with Crippen molar-refractivity contribution < 1.29 is 13.5 Å². The molecule has 0 aliphatic rings. The van der Waals surface area contributed by atoms with Crippen molar-refractivity contribution >= 4 is 0 Å². The number of methoxy groups -OCH3 is 1.